The van der Waals surface area contributed by atoms with Gasteiger partial charge in [-0.3, -0.25) is 0 Å². The van der Waals surface area contributed by atoms with E-state index in [9.17, 15) is 0 Å². The van der Waals surface area contributed by atoms with Crippen LogP contribution >= 0.6 is 0 Å². The molecule has 2 N–H and O–H groups in total. The number of aromatic nitrogens is 1. The molecule has 2 heteroatoms. The summed E-state index contributed by atoms with van der Waals surface area (Å²) in [6, 6.07) is 10.4. The minimum Gasteiger partial charge on any atom is -0.398 e. The SMILES string of the molecule is CCc1cccc(CC=Cc2cccn2C)c1N. The van der Waals surface area contributed by atoms with Gasteiger partial charge in [0.05, 0.1) is 0 Å². The number of nitrogens with two attached hydrogens (primary N) is 1. The maximum absolute atomic E-state index is 6.14. The number of hydrogen-bond donors (Lipinski definition) is 1. The van der Waals surface area contributed by atoms with Crippen LogP contribution in [0.5, 0.6) is 0 Å². The second-order valence-corrected chi connectivity index (χ2v) is 4.49. The Hall–Kier alpha value is -1.96. The lowest BCUT2D eigenvalue weighted by atomic mass is 10.0. The minimum absolute atomic E-state index is 0.880. The van der Waals surface area contributed by atoms with Crippen LogP contribution in [0.3, 0.4) is 0 Å². The average Bonchev–Trinajstić information content (AvgIpc) is 2.77. The molecule has 0 bridgehead atoms. The maximum atomic E-state index is 6.14. The number of nitrogens with zero attached hydrogens (tertiary/aromatic N) is 1. The summed E-state index contributed by atoms with van der Waals surface area (Å²) in [4.78, 5) is 0. The van der Waals surface area contributed by atoms with Gasteiger partial charge in [0, 0.05) is 24.6 Å². The fourth-order valence-corrected chi connectivity index (χ4v) is 2.11. The van der Waals surface area contributed by atoms with E-state index in [4.69, 9.17) is 5.73 Å². The van der Waals surface area contributed by atoms with E-state index in [-0.39, 0.29) is 0 Å². The third kappa shape index (κ3) is 2.65. The minimum atomic E-state index is 0.880. The zero-order valence-corrected chi connectivity index (χ0v) is 11.1. The second-order valence-electron chi connectivity index (χ2n) is 4.49. The standard InChI is InChI=1S/C16H20N2/c1-3-13-7-4-8-14(16(13)17)9-5-10-15-11-6-12-18(15)2/h4-8,10-12H,3,9,17H2,1-2H3. The third-order valence-electron chi connectivity index (χ3n) is 3.28. The van der Waals surface area contributed by atoms with Crippen LogP contribution in [0.1, 0.15) is 23.7 Å². The van der Waals surface area contributed by atoms with Gasteiger partial charge in [0.1, 0.15) is 0 Å². The summed E-state index contributed by atoms with van der Waals surface area (Å²) >= 11 is 0. The molecule has 2 rings (SSSR count). The van der Waals surface area contributed by atoms with Crippen molar-refractivity contribution < 1.29 is 0 Å². The highest BCUT2D eigenvalue weighted by Crippen LogP contribution is 2.19. The van der Waals surface area contributed by atoms with E-state index in [1.54, 1.807) is 0 Å². The van der Waals surface area contributed by atoms with Crippen LogP contribution < -0.4 is 5.73 Å². The maximum Gasteiger partial charge on any atom is 0.0400 e. The molecule has 0 aliphatic rings. The van der Waals surface area contributed by atoms with Crippen LogP contribution in [-0.2, 0) is 19.9 Å². The largest absolute Gasteiger partial charge is 0.398 e. The highest BCUT2D eigenvalue weighted by molar-refractivity contribution is 5.56. The Balaban J connectivity index is 2.11. The van der Waals surface area contributed by atoms with Crippen molar-refractivity contribution in [3.8, 4) is 0 Å². The lowest BCUT2D eigenvalue weighted by Gasteiger charge is -2.07. The van der Waals surface area contributed by atoms with Gasteiger partial charge >= 0.3 is 0 Å². The summed E-state index contributed by atoms with van der Waals surface area (Å²) < 4.78 is 2.10. The van der Waals surface area contributed by atoms with Gasteiger partial charge < -0.3 is 10.3 Å². The molecule has 0 aliphatic heterocycles. The van der Waals surface area contributed by atoms with Crippen LogP contribution in [0.25, 0.3) is 6.08 Å². The molecule has 2 aromatic rings. The summed E-state index contributed by atoms with van der Waals surface area (Å²) in [5, 5.41) is 0. The van der Waals surface area contributed by atoms with Crippen molar-refractivity contribution in [2.45, 2.75) is 19.8 Å². The Morgan fingerprint density at radius 1 is 1.17 bits per heavy atom. The Labute approximate surface area is 109 Å². The molecule has 0 aliphatic carbocycles. The van der Waals surface area contributed by atoms with E-state index < -0.39 is 0 Å². The third-order valence-corrected chi connectivity index (χ3v) is 3.28. The smallest absolute Gasteiger partial charge is 0.0400 e. The number of nitrogen functional groups attached to an aromatic ring is 1. The normalized spacial score (nSPS) is 11.2. The van der Waals surface area contributed by atoms with Gasteiger partial charge in [0.2, 0.25) is 0 Å². The molecule has 0 radical (unpaired) electrons. The van der Waals surface area contributed by atoms with Crippen LogP contribution in [0.4, 0.5) is 5.69 Å². The molecule has 0 spiro atoms. The second kappa shape index (κ2) is 5.58. The number of anilines is 1. The molecule has 1 heterocycles. The molecule has 0 unspecified atom stereocenters. The molecule has 0 amide bonds. The predicted molar refractivity (Wildman–Crippen MR) is 78.4 cm³/mol. The van der Waals surface area contributed by atoms with Crippen molar-refractivity contribution in [2.75, 3.05) is 5.73 Å². The van der Waals surface area contributed by atoms with E-state index >= 15 is 0 Å². The fraction of sp³-hybridized carbons (Fsp3) is 0.250. The Morgan fingerprint density at radius 3 is 2.61 bits per heavy atom. The summed E-state index contributed by atoms with van der Waals surface area (Å²) in [6.45, 7) is 2.13. The molecule has 94 valence electrons. The van der Waals surface area contributed by atoms with Gasteiger partial charge in [-0.2, -0.15) is 0 Å². The summed E-state index contributed by atoms with van der Waals surface area (Å²) in [5.41, 5.74) is 10.7. The molecule has 2 nitrogen and oxygen atoms in total. The number of benzene rings is 1. The molecular formula is C16H20N2. The lowest BCUT2D eigenvalue weighted by Crippen LogP contribution is -1.98. The first kappa shape index (κ1) is 12.5. The molecule has 0 saturated carbocycles. The Kier molecular flexibility index (Phi) is 3.88. The van der Waals surface area contributed by atoms with Gasteiger partial charge in [-0.25, -0.2) is 0 Å². The number of hydrogen-bond acceptors (Lipinski definition) is 1. The van der Waals surface area contributed by atoms with E-state index in [0.29, 0.717) is 0 Å². The van der Waals surface area contributed by atoms with Crippen molar-refractivity contribution in [2.24, 2.45) is 7.05 Å². The van der Waals surface area contributed by atoms with Crippen LogP contribution in [0, 0.1) is 0 Å². The van der Waals surface area contributed by atoms with Crippen LogP contribution in [-0.4, -0.2) is 4.57 Å². The van der Waals surface area contributed by atoms with Gasteiger partial charge in [0.25, 0.3) is 0 Å². The van der Waals surface area contributed by atoms with Crippen LogP contribution in [0.2, 0.25) is 0 Å². The topological polar surface area (TPSA) is 30.9 Å². The number of allylic oxidation sites excluding steroid dienone is 1. The van der Waals surface area contributed by atoms with Gasteiger partial charge in [-0.05, 0) is 42.2 Å². The molecule has 0 fully saturated rings. The van der Waals surface area contributed by atoms with Gasteiger partial charge in [0.15, 0.2) is 0 Å². The molecule has 0 saturated heterocycles. The first-order chi connectivity index (χ1) is 8.72. The van der Waals surface area contributed by atoms with Crippen molar-refractivity contribution >= 4 is 11.8 Å². The Bertz CT molecular complexity index is 550. The number of para-hydroxylation sites is 1. The van der Waals surface area contributed by atoms with Crippen molar-refractivity contribution in [3.05, 3.63) is 59.4 Å². The zero-order chi connectivity index (χ0) is 13.0. The first-order valence-electron chi connectivity index (χ1n) is 6.36. The monoisotopic (exact) mass is 240 g/mol. The summed E-state index contributed by atoms with van der Waals surface area (Å²) in [5.74, 6) is 0. The Morgan fingerprint density at radius 2 is 1.94 bits per heavy atom. The number of aryl methyl sites for hydroxylation is 2. The van der Waals surface area contributed by atoms with Gasteiger partial charge in [-0.15, -0.1) is 0 Å². The van der Waals surface area contributed by atoms with Crippen molar-refractivity contribution in [3.63, 3.8) is 0 Å². The summed E-state index contributed by atoms with van der Waals surface area (Å²) in [7, 11) is 2.05. The first-order valence-corrected chi connectivity index (χ1v) is 6.36. The molecule has 1 aromatic heterocycles. The highest BCUT2D eigenvalue weighted by Gasteiger charge is 2.01. The zero-order valence-electron chi connectivity index (χ0n) is 11.1. The predicted octanol–water partition coefficient (Wildman–Crippen LogP) is 3.43. The lowest BCUT2D eigenvalue weighted by molar-refractivity contribution is 0.914. The fourth-order valence-electron chi connectivity index (χ4n) is 2.11. The van der Waals surface area contributed by atoms with E-state index in [1.807, 2.05) is 19.3 Å². The van der Waals surface area contributed by atoms with E-state index in [2.05, 4.69) is 47.9 Å². The molecule has 1 aromatic carbocycles. The quantitative estimate of drug-likeness (QED) is 0.816. The highest BCUT2D eigenvalue weighted by atomic mass is 14.9. The summed E-state index contributed by atoms with van der Waals surface area (Å²) in [6.07, 6.45) is 8.22. The van der Waals surface area contributed by atoms with Crippen molar-refractivity contribution in [1.29, 1.82) is 0 Å². The van der Waals surface area contributed by atoms with Gasteiger partial charge in [-0.1, -0.05) is 31.2 Å². The van der Waals surface area contributed by atoms with Crippen LogP contribution in [0.15, 0.2) is 42.6 Å². The average molecular weight is 240 g/mol. The molecule has 18 heavy (non-hydrogen) atoms. The molecule has 0 atom stereocenters. The van der Waals surface area contributed by atoms with Crippen molar-refractivity contribution in [1.82, 2.24) is 4.57 Å². The van der Waals surface area contributed by atoms with E-state index in [0.717, 1.165) is 18.5 Å². The number of rotatable bonds is 4. The molecular weight excluding hydrogens is 220 g/mol. The van der Waals surface area contributed by atoms with E-state index in [1.165, 1.54) is 16.8 Å².